The van der Waals surface area contributed by atoms with E-state index in [0.717, 1.165) is 24.0 Å². The zero-order valence-corrected chi connectivity index (χ0v) is 9.80. The maximum Gasteiger partial charge on any atom is 0.0966 e. The van der Waals surface area contributed by atoms with E-state index in [1.807, 2.05) is 6.07 Å². The highest BCUT2D eigenvalue weighted by atomic mass is 79.9. The normalized spacial score (nSPS) is 19.0. The lowest BCUT2D eigenvalue weighted by atomic mass is 9.89. The van der Waals surface area contributed by atoms with Gasteiger partial charge in [-0.15, -0.1) is 0 Å². The Morgan fingerprint density at radius 2 is 2.29 bits per heavy atom. The van der Waals surface area contributed by atoms with E-state index in [1.165, 1.54) is 5.56 Å². The number of hydrogen-bond donors (Lipinski definition) is 1. The van der Waals surface area contributed by atoms with Crippen LogP contribution in [-0.4, -0.2) is 25.8 Å². The molecule has 1 aromatic rings. The molecule has 2 rings (SSSR count). The van der Waals surface area contributed by atoms with Crippen LogP contribution in [-0.2, 0) is 11.2 Å². The second-order valence-electron chi connectivity index (χ2n) is 3.80. The Labute approximate surface area is 92.8 Å². The number of ether oxygens (including phenoxy) is 1. The van der Waals surface area contributed by atoms with Crippen LogP contribution < -0.4 is 5.32 Å². The van der Waals surface area contributed by atoms with Crippen molar-refractivity contribution in [1.82, 2.24) is 5.32 Å². The molecule has 14 heavy (non-hydrogen) atoms. The van der Waals surface area contributed by atoms with Crippen LogP contribution in [0, 0.1) is 0 Å². The molecule has 1 heterocycles. The molecule has 76 valence electrons. The summed E-state index contributed by atoms with van der Waals surface area (Å²) in [7, 11) is 1.79. The van der Waals surface area contributed by atoms with Gasteiger partial charge in [-0.3, -0.25) is 0 Å². The van der Waals surface area contributed by atoms with Crippen molar-refractivity contribution in [3.63, 3.8) is 0 Å². The minimum absolute atomic E-state index is 0.0286. The highest BCUT2D eigenvalue weighted by Crippen LogP contribution is 2.23. The average Bonchev–Trinajstić information content (AvgIpc) is 2.11. The van der Waals surface area contributed by atoms with Gasteiger partial charge in [-0.1, -0.05) is 28.1 Å². The standard InChI is InChI=1S/C11H14BrNO/c1-14-11(7-13-8-11)6-9-3-2-4-10(12)5-9/h2-5,13H,6-8H2,1H3. The summed E-state index contributed by atoms with van der Waals surface area (Å²) in [6.45, 7) is 1.91. The molecule has 0 bridgehead atoms. The molecule has 0 aliphatic carbocycles. The zero-order chi connectivity index (χ0) is 10.0. The lowest BCUT2D eigenvalue weighted by Crippen LogP contribution is -2.61. The average molecular weight is 256 g/mol. The molecule has 1 fully saturated rings. The van der Waals surface area contributed by atoms with E-state index in [9.17, 15) is 0 Å². The first-order valence-corrected chi connectivity index (χ1v) is 5.54. The predicted molar refractivity (Wildman–Crippen MR) is 60.5 cm³/mol. The first kappa shape index (κ1) is 10.1. The molecule has 1 saturated heterocycles. The van der Waals surface area contributed by atoms with Crippen LogP contribution >= 0.6 is 15.9 Å². The van der Waals surface area contributed by atoms with E-state index in [0.29, 0.717) is 0 Å². The summed E-state index contributed by atoms with van der Waals surface area (Å²) in [6.07, 6.45) is 0.982. The minimum atomic E-state index is 0.0286. The van der Waals surface area contributed by atoms with E-state index in [1.54, 1.807) is 7.11 Å². The summed E-state index contributed by atoms with van der Waals surface area (Å²) in [4.78, 5) is 0. The highest BCUT2D eigenvalue weighted by Gasteiger charge is 2.36. The van der Waals surface area contributed by atoms with E-state index < -0.39 is 0 Å². The first-order chi connectivity index (χ1) is 6.74. The van der Waals surface area contributed by atoms with Gasteiger partial charge in [0.2, 0.25) is 0 Å². The first-order valence-electron chi connectivity index (χ1n) is 4.74. The summed E-state index contributed by atoms with van der Waals surface area (Å²) in [5.74, 6) is 0. The second kappa shape index (κ2) is 4.01. The Morgan fingerprint density at radius 3 is 2.79 bits per heavy atom. The Morgan fingerprint density at radius 1 is 1.50 bits per heavy atom. The van der Waals surface area contributed by atoms with Gasteiger partial charge in [0.1, 0.15) is 0 Å². The van der Waals surface area contributed by atoms with Gasteiger partial charge in [0.05, 0.1) is 5.60 Å². The maximum absolute atomic E-state index is 5.54. The quantitative estimate of drug-likeness (QED) is 0.892. The van der Waals surface area contributed by atoms with Gasteiger partial charge < -0.3 is 10.1 Å². The molecule has 1 aliphatic rings. The lowest BCUT2D eigenvalue weighted by molar-refractivity contribution is -0.0502. The van der Waals surface area contributed by atoms with Crippen molar-refractivity contribution in [2.24, 2.45) is 0 Å². The molecule has 0 unspecified atom stereocenters. The number of methoxy groups -OCH3 is 1. The van der Waals surface area contributed by atoms with Crippen LogP contribution in [0.2, 0.25) is 0 Å². The topological polar surface area (TPSA) is 21.3 Å². The van der Waals surface area contributed by atoms with Crippen LogP contribution in [0.3, 0.4) is 0 Å². The fourth-order valence-electron chi connectivity index (χ4n) is 1.76. The zero-order valence-electron chi connectivity index (χ0n) is 8.22. The van der Waals surface area contributed by atoms with Gasteiger partial charge in [-0.05, 0) is 17.7 Å². The second-order valence-corrected chi connectivity index (χ2v) is 4.71. The van der Waals surface area contributed by atoms with Crippen molar-refractivity contribution in [2.45, 2.75) is 12.0 Å². The number of nitrogens with one attached hydrogen (secondary N) is 1. The molecule has 0 saturated carbocycles. The number of hydrogen-bond acceptors (Lipinski definition) is 2. The van der Waals surface area contributed by atoms with E-state index in [-0.39, 0.29) is 5.60 Å². The smallest absolute Gasteiger partial charge is 0.0966 e. The SMILES string of the molecule is COC1(Cc2cccc(Br)c2)CNC1. The summed E-state index contributed by atoms with van der Waals surface area (Å²) in [5, 5.41) is 3.25. The van der Waals surface area contributed by atoms with Gasteiger partial charge in [0.25, 0.3) is 0 Å². The van der Waals surface area contributed by atoms with E-state index >= 15 is 0 Å². The van der Waals surface area contributed by atoms with E-state index in [2.05, 4.69) is 39.4 Å². The molecule has 0 radical (unpaired) electrons. The Bertz CT molecular complexity index is 317. The molecule has 1 aliphatic heterocycles. The Balaban J connectivity index is 2.09. The molecular weight excluding hydrogens is 242 g/mol. The maximum atomic E-state index is 5.54. The molecule has 1 aromatic carbocycles. The molecular formula is C11H14BrNO. The van der Waals surface area contributed by atoms with Crippen LogP contribution in [0.25, 0.3) is 0 Å². The lowest BCUT2D eigenvalue weighted by Gasteiger charge is -2.41. The highest BCUT2D eigenvalue weighted by molar-refractivity contribution is 9.10. The fourth-order valence-corrected chi connectivity index (χ4v) is 2.21. The number of rotatable bonds is 3. The molecule has 0 atom stereocenters. The molecule has 0 spiro atoms. The van der Waals surface area contributed by atoms with Gasteiger partial charge in [0, 0.05) is 31.1 Å². The van der Waals surface area contributed by atoms with Gasteiger partial charge >= 0.3 is 0 Å². The molecule has 0 aromatic heterocycles. The van der Waals surface area contributed by atoms with Crippen LogP contribution in [0.5, 0.6) is 0 Å². The molecule has 1 N–H and O–H groups in total. The number of halogens is 1. The van der Waals surface area contributed by atoms with Crippen molar-refractivity contribution < 1.29 is 4.74 Å². The minimum Gasteiger partial charge on any atom is -0.375 e. The van der Waals surface area contributed by atoms with Crippen LogP contribution in [0.1, 0.15) is 5.56 Å². The molecule has 2 nitrogen and oxygen atoms in total. The van der Waals surface area contributed by atoms with E-state index in [4.69, 9.17) is 4.74 Å². The van der Waals surface area contributed by atoms with Crippen molar-refractivity contribution in [1.29, 1.82) is 0 Å². The predicted octanol–water partition coefficient (Wildman–Crippen LogP) is 1.98. The van der Waals surface area contributed by atoms with Crippen molar-refractivity contribution >= 4 is 15.9 Å². The monoisotopic (exact) mass is 255 g/mol. The third-order valence-electron chi connectivity index (χ3n) is 2.74. The third kappa shape index (κ3) is 2.00. The molecule has 0 amide bonds. The van der Waals surface area contributed by atoms with Gasteiger partial charge in [-0.25, -0.2) is 0 Å². The van der Waals surface area contributed by atoms with Crippen molar-refractivity contribution in [3.8, 4) is 0 Å². The van der Waals surface area contributed by atoms with Gasteiger partial charge in [-0.2, -0.15) is 0 Å². The summed E-state index contributed by atoms with van der Waals surface area (Å²) in [5.41, 5.74) is 1.35. The third-order valence-corrected chi connectivity index (χ3v) is 3.24. The van der Waals surface area contributed by atoms with Crippen LogP contribution in [0.4, 0.5) is 0 Å². The fraction of sp³-hybridized carbons (Fsp3) is 0.455. The molecule has 3 heteroatoms. The van der Waals surface area contributed by atoms with Crippen molar-refractivity contribution in [3.05, 3.63) is 34.3 Å². The summed E-state index contributed by atoms with van der Waals surface area (Å²) in [6, 6.07) is 8.40. The summed E-state index contributed by atoms with van der Waals surface area (Å²) >= 11 is 3.48. The van der Waals surface area contributed by atoms with Crippen LogP contribution in [0.15, 0.2) is 28.7 Å². The largest absolute Gasteiger partial charge is 0.375 e. The summed E-state index contributed by atoms with van der Waals surface area (Å²) < 4.78 is 6.67. The number of benzene rings is 1. The van der Waals surface area contributed by atoms with Crippen molar-refractivity contribution in [2.75, 3.05) is 20.2 Å². The Hall–Kier alpha value is -0.380. The van der Waals surface area contributed by atoms with Gasteiger partial charge in [0.15, 0.2) is 0 Å². The Kier molecular flexibility index (Phi) is 2.91.